The van der Waals surface area contributed by atoms with Gasteiger partial charge in [-0.05, 0) is 66.1 Å². The summed E-state index contributed by atoms with van der Waals surface area (Å²) >= 11 is 0. The summed E-state index contributed by atoms with van der Waals surface area (Å²) in [5, 5.41) is 0. The molecule has 156 valence electrons. The van der Waals surface area contributed by atoms with Crippen LogP contribution in [-0.2, 0) is 6.61 Å². The molecule has 0 radical (unpaired) electrons. The van der Waals surface area contributed by atoms with E-state index in [9.17, 15) is 4.79 Å². The zero-order valence-corrected chi connectivity index (χ0v) is 17.7. The van der Waals surface area contributed by atoms with Crippen LogP contribution < -0.4 is 14.2 Å². The first kappa shape index (κ1) is 21.2. The highest BCUT2D eigenvalue weighted by atomic mass is 16.5. The number of ether oxygens (including phenoxy) is 3. The van der Waals surface area contributed by atoms with E-state index >= 15 is 0 Å². The van der Waals surface area contributed by atoms with Crippen LogP contribution in [0.2, 0.25) is 0 Å². The fourth-order valence-electron chi connectivity index (χ4n) is 2.91. The van der Waals surface area contributed by atoms with Gasteiger partial charge in [0, 0.05) is 5.56 Å². The lowest BCUT2D eigenvalue weighted by molar-refractivity contribution is 0.104. The number of hydrogen-bond donors (Lipinski definition) is 0. The first-order valence-corrected chi connectivity index (χ1v) is 9.76. The molecule has 0 aliphatic heterocycles. The Labute approximate surface area is 176 Å². The van der Waals surface area contributed by atoms with Crippen LogP contribution in [0.4, 0.5) is 0 Å². The second-order valence-corrected chi connectivity index (χ2v) is 7.08. The van der Waals surface area contributed by atoms with Crippen LogP contribution >= 0.6 is 0 Å². The van der Waals surface area contributed by atoms with Crippen molar-refractivity contribution in [3.63, 3.8) is 0 Å². The Bertz CT molecular complexity index is 1010. The highest BCUT2D eigenvalue weighted by Gasteiger charge is 2.09. The van der Waals surface area contributed by atoms with Gasteiger partial charge < -0.3 is 18.6 Å². The minimum absolute atomic E-state index is 0.157. The smallest absolute Gasteiger partial charge is 0.186 e. The average molecular weight is 406 g/mol. The third kappa shape index (κ3) is 5.32. The van der Waals surface area contributed by atoms with Gasteiger partial charge >= 0.3 is 0 Å². The van der Waals surface area contributed by atoms with Gasteiger partial charge in [-0.25, -0.2) is 0 Å². The van der Waals surface area contributed by atoms with Crippen LogP contribution in [0.25, 0.3) is 6.08 Å². The van der Waals surface area contributed by atoms with Gasteiger partial charge in [0.2, 0.25) is 0 Å². The molecule has 5 nitrogen and oxygen atoms in total. The number of carbonyl (C=O) groups excluding carboxylic acids is 1. The molecular weight excluding hydrogens is 380 g/mol. The first-order valence-electron chi connectivity index (χ1n) is 9.76. The van der Waals surface area contributed by atoms with Crippen molar-refractivity contribution in [3.05, 3.63) is 83.3 Å². The number of carbonyl (C=O) groups is 1. The first-order chi connectivity index (χ1) is 14.5. The Kier molecular flexibility index (Phi) is 6.96. The van der Waals surface area contributed by atoms with Crippen molar-refractivity contribution in [1.82, 2.24) is 0 Å². The van der Waals surface area contributed by atoms with Gasteiger partial charge in [-0.3, -0.25) is 4.79 Å². The Morgan fingerprint density at radius 3 is 2.37 bits per heavy atom. The van der Waals surface area contributed by atoms with Gasteiger partial charge in [0.25, 0.3) is 0 Å². The van der Waals surface area contributed by atoms with Gasteiger partial charge in [0.05, 0.1) is 14.2 Å². The number of allylic oxidation sites excluding steroid dienone is 1. The number of ketones is 1. The molecule has 1 aromatic heterocycles. The third-order valence-corrected chi connectivity index (χ3v) is 4.68. The van der Waals surface area contributed by atoms with Crippen LogP contribution in [0.5, 0.6) is 17.2 Å². The predicted octanol–water partition coefficient (Wildman–Crippen LogP) is 5.90. The molecule has 1 heterocycles. The lowest BCUT2D eigenvalue weighted by atomic mass is 10.0. The molecule has 3 rings (SSSR count). The van der Waals surface area contributed by atoms with E-state index in [-0.39, 0.29) is 5.78 Å². The molecule has 30 heavy (non-hydrogen) atoms. The topological polar surface area (TPSA) is 57.9 Å². The van der Waals surface area contributed by atoms with Gasteiger partial charge in [-0.1, -0.05) is 26.0 Å². The highest BCUT2D eigenvalue weighted by molar-refractivity contribution is 6.07. The molecule has 0 spiro atoms. The molecule has 0 bridgehead atoms. The number of hydrogen-bond acceptors (Lipinski definition) is 5. The van der Waals surface area contributed by atoms with Crippen molar-refractivity contribution in [1.29, 1.82) is 0 Å². The van der Waals surface area contributed by atoms with E-state index in [4.69, 9.17) is 18.6 Å². The number of furan rings is 1. The number of methoxy groups -OCH3 is 2. The molecule has 0 saturated carbocycles. The van der Waals surface area contributed by atoms with E-state index in [1.165, 1.54) is 18.7 Å². The maximum absolute atomic E-state index is 12.4. The van der Waals surface area contributed by atoms with Crippen molar-refractivity contribution >= 4 is 11.9 Å². The van der Waals surface area contributed by atoms with E-state index in [0.717, 1.165) is 5.75 Å². The summed E-state index contributed by atoms with van der Waals surface area (Å²) in [6.07, 6.45) is 3.11. The summed E-state index contributed by atoms with van der Waals surface area (Å²) in [5.41, 5.74) is 1.77. The summed E-state index contributed by atoms with van der Waals surface area (Å²) in [6.45, 7) is 4.63. The van der Waals surface area contributed by atoms with Crippen molar-refractivity contribution in [2.24, 2.45) is 0 Å². The summed E-state index contributed by atoms with van der Waals surface area (Å²) in [6, 6.07) is 16.7. The quantitative estimate of drug-likeness (QED) is 0.327. The maximum atomic E-state index is 12.4. The van der Waals surface area contributed by atoms with Crippen molar-refractivity contribution in [2.75, 3.05) is 14.2 Å². The predicted molar refractivity (Wildman–Crippen MR) is 116 cm³/mol. The molecule has 0 aliphatic rings. The van der Waals surface area contributed by atoms with E-state index in [2.05, 4.69) is 26.0 Å². The molecule has 5 heteroatoms. The molecule has 3 aromatic rings. The molecule has 2 aromatic carbocycles. The second kappa shape index (κ2) is 9.83. The van der Waals surface area contributed by atoms with Gasteiger partial charge in [0.15, 0.2) is 17.3 Å². The average Bonchev–Trinajstić information content (AvgIpc) is 3.23. The largest absolute Gasteiger partial charge is 0.493 e. The summed E-state index contributed by atoms with van der Waals surface area (Å²) < 4.78 is 21.9. The minimum Gasteiger partial charge on any atom is -0.493 e. The van der Waals surface area contributed by atoms with Crippen LogP contribution in [-0.4, -0.2) is 20.0 Å². The van der Waals surface area contributed by atoms with Gasteiger partial charge in [0.1, 0.15) is 23.9 Å². The van der Waals surface area contributed by atoms with E-state index in [1.807, 2.05) is 18.2 Å². The molecule has 0 aliphatic carbocycles. The minimum atomic E-state index is -0.157. The molecule has 0 unspecified atom stereocenters. The molecule has 0 atom stereocenters. The fourth-order valence-corrected chi connectivity index (χ4v) is 2.91. The van der Waals surface area contributed by atoms with Crippen LogP contribution in [0.3, 0.4) is 0 Å². The molecular formula is C25H26O5. The molecule has 0 amide bonds. The summed E-state index contributed by atoms with van der Waals surface area (Å²) in [7, 11) is 3.09. The SMILES string of the molecule is COc1ccc(C(=O)/C=C/c2ccc(COc3ccc(C(C)C)cc3)o2)cc1OC. The third-order valence-electron chi connectivity index (χ3n) is 4.68. The lowest BCUT2D eigenvalue weighted by Gasteiger charge is -2.08. The highest BCUT2D eigenvalue weighted by Crippen LogP contribution is 2.28. The number of benzene rings is 2. The zero-order chi connectivity index (χ0) is 21.5. The lowest BCUT2D eigenvalue weighted by Crippen LogP contribution is -1.97. The summed E-state index contributed by atoms with van der Waals surface area (Å²) in [5.74, 6) is 3.47. The molecule has 0 fully saturated rings. The van der Waals surface area contributed by atoms with Crippen molar-refractivity contribution in [3.8, 4) is 17.2 Å². The van der Waals surface area contributed by atoms with E-state index in [1.54, 1.807) is 37.5 Å². The Balaban J connectivity index is 1.59. The Hall–Kier alpha value is -3.47. The zero-order valence-electron chi connectivity index (χ0n) is 17.7. The van der Waals surface area contributed by atoms with Crippen LogP contribution in [0, 0.1) is 0 Å². The normalized spacial score (nSPS) is 11.1. The van der Waals surface area contributed by atoms with Crippen molar-refractivity contribution < 1.29 is 23.4 Å². The second-order valence-electron chi connectivity index (χ2n) is 7.08. The van der Waals surface area contributed by atoms with Crippen LogP contribution in [0.1, 0.15) is 47.2 Å². The Morgan fingerprint density at radius 2 is 1.70 bits per heavy atom. The Morgan fingerprint density at radius 1 is 0.967 bits per heavy atom. The number of rotatable bonds is 9. The van der Waals surface area contributed by atoms with Gasteiger partial charge in [-0.2, -0.15) is 0 Å². The standard InChI is InChI=1S/C25H26O5/c1-17(2)18-5-8-20(9-6-18)29-16-22-11-10-21(30-22)12-13-23(26)19-7-14-24(27-3)25(15-19)28-4/h5-15,17H,16H2,1-4H3/b13-12+. The monoisotopic (exact) mass is 406 g/mol. The summed E-state index contributed by atoms with van der Waals surface area (Å²) in [4.78, 5) is 12.4. The maximum Gasteiger partial charge on any atom is 0.186 e. The molecule has 0 saturated heterocycles. The van der Waals surface area contributed by atoms with E-state index < -0.39 is 0 Å². The fraction of sp³-hybridized carbons (Fsp3) is 0.240. The van der Waals surface area contributed by atoms with Crippen molar-refractivity contribution in [2.45, 2.75) is 26.4 Å². The van der Waals surface area contributed by atoms with Gasteiger partial charge in [-0.15, -0.1) is 0 Å². The van der Waals surface area contributed by atoms with E-state index in [0.29, 0.717) is 41.1 Å². The molecule has 0 N–H and O–H groups in total. The van der Waals surface area contributed by atoms with Crippen LogP contribution in [0.15, 0.2) is 65.1 Å².